The van der Waals surface area contributed by atoms with Crippen molar-refractivity contribution in [1.82, 2.24) is 0 Å². The Kier molecular flexibility index (Phi) is 2.75. The number of aryl methyl sites for hydroxylation is 1. The van der Waals surface area contributed by atoms with Gasteiger partial charge >= 0.3 is 0 Å². The van der Waals surface area contributed by atoms with Gasteiger partial charge in [-0.2, -0.15) is 4.74 Å². The van der Waals surface area contributed by atoms with E-state index < -0.39 is 0 Å². The van der Waals surface area contributed by atoms with Crippen LogP contribution in [0, 0.1) is 12.1 Å². The summed E-state index contributed by atoms with van der Waals surface area (Å²) in [5, 5.41) is 12.3. The first-order valence-corrected chi connectivity index (χ1v) is 6.63. The van der Waals surface area contributed by atoms with Gasteiger partial charge in [-0.15, -0.1) is 0 Å². The van der Waals surface area contributed by atoms with Gasteiger partial charge in [-0.05, 0) is 46.6 Å². The minimum Gasteiger partial charge on any atom is -0.618 e. The highest BCUT2D eigenvalue weighted by Crippen LogP contribution is 2.30. The molecule has 0 spiro atoms. The molecule has 0 saturated carbocycles. The number of Topliss-reactive ketones (excluding diaryl/α,β-unsaturated/α-hetero) is 1. The van der Waals surface area contributed by atoms with E-state index in [1.165, 1.54) is 0 Å². The molecule has 0 fully saturated rings. The van der Waals surface area contributed by atoms with Crippen LogP contribution in [0.1, 0.15) is 21.5 Å². The van der Waals surface area contributed by atoms with Crippen LogP contribution in [0.4, 0.5) is 5.69 Å². The van der Waals surface area contributed by atoms with Gasteiger partial charge in [0.2, 0.25) is 5.69 Å². The lowest BCUT2D eigenvalue weighted by atomic mass is 10.0. The summed E-state index contributed by atoms with van der Waals surface area (Å²) in [6.45, 7) is 1.90. The number of halogens is 1. The van der Waals surface area contributed by atoms with Gasteiger partial charge in [0.05, 0.1) is 5.56 Å². The molecule has 4 heteroatoms. The Hall–Kier alpha value is -1.94. The Morgan fingerprint density at radius 2 is 1.84 bits per heavy atom. The third-order valence-corrected chi connectivity index (χ3v) is 3.85. The molecular formula is C15H10BrNO2. The summed E-state index contributed by atoms with van der Waals surface area (Å²) in [4.78, 5) is 12.4. The van der Waals surface area contributed by atoms with Crippen molar-refractivity contribution in [3.63, 3.8) is 0 Å². The number of hydrogen-bond donors (Lipinski definition) is 0. The largest absolute Gasteiger partial charge is 0.618 e. The smallest absolute Gasteiger partial charge is 0.274 e. The molecule has 0 aromatic heterocycles. The summed E-state index contributed by atoms with van der Waals surface area (Å²) in [6.07, 6.45) is 0. The van der Waals surface area contributed by atoms with Gasteiger partial charge in [0.15, 0.2) is 0 Å². The maximum Gasteiger partial charge on any atom is 0.274 e. The Morgan fingerprint density at radius 1 is 1.11 bits per heavy atom. The second-order valence-corrected chi connectivity index (χ2v) is 5.33. The maximum absolute atomic E-state index is 12.4. The van der Waals surface area contributed by atoms with Crippen LogP contribution in [-0.4, -0.2) is 16.2 Å². The quantitative estimate of drug-likeness (QED) is 0.596. The number of nitrogens with zero attached hydrogens (tertiary/aromatic N) is 1. The highest BCUT2D eigenvalue weighted by molar-refractivity contribution is 9.10. The third-order valence-electron chi connectivity index (χ3n) is 3.16. The molecule has 1 aliphatic heterocycles. The molecule has 19 heavy (non-hydrogen) atoms. The van der Waals surface area contributed by atoms with Crippen LogP contribution in [-0.2, 0) is 0 Å². The molecule has 2 aromatic rings. The predicted octanol–water partition coefficient (Wildman–Crippen LogP) is 3.58. The van der Waals surface area contributed by atoms with Crippen LogP contribution in [0.2, 0.25) is 0 Å². The highest BCUT2D eigenvalue weighted by atomic mass is 79.9. The minimum absolute atomic E-state index is 0.174. The molecule has 94 valence electrons. The second kappa shape index (κ2) is 4.31. The standard InChI is InChI=1S/C15H10BrNO2/c1-9-6-7-13-11(8-9)15(18)14(17(13)19)10-4-2-3-5-12(10)16/h2-8H,1H3. The number of rotatable bonds is 1. The lowest BCUT2D eigenvalue weighted by molar-refractivity contribution is -0.355. The summed E-state index contributed by atoms with van der Waals surface area (Å²) in [5.74, 6) is -0.222. The van der Waals surface area contributed by atoms with E-state index in [4.69, 9.17) is 0 Å². The van der Waals surface area contributed by atoms with Crippen molar-refractivity contribution in [1.29, 1.82) is 0 Å². The van der Waals surface area contributed by atoms with Crippen LogP contribution in [0.15, 0.2) is 46.9 Å². The first-order valence-electron chi connectivity index (χ1n) is 5.84. The SMILES string of the molecule is Cc1ccc2c(c1)C(=O)C(c1ccccc1Br)=[N+]2[O-]. The molecule has 2 aromatic carbocycles. The van der Waals surface area contributed by atoms with E-state index in [1.807, 2.05) is 31.2 Å². The molecule has 0 N–H and O–H groups in total. The summed E-state index contributed by atoms with van der Waals surface area (Å²) >= 11 is 3.38. The fourth-order valence-electron chi connectivity index (χ4n) is 2.23. The third kappa shape index (κ3) is 1.79. The van der Waals surface area contributed by atoms with E-state index >= 15 is 0 Å². The molecular weight excluding hydrogens is 306 g/mol. The van der Waals surface area contributed by atoms with Gasteiger partial charge in [-0.1, -0.05) is 18.2 Å². The molecule has 1 aliphatic rings. The lowest BCUT2D eigenvalue weighted by Crippen LogP contribution is -2.17. The fraction of sp³-hybridized carbons (Fsp3) is 0.0667. The first kappa shape index (κ1) is 12.1. The van der Waals surface area contributed by atoms with Gasteiger partial charge < -0.3 is 5.21 Å². The van der Waals surface area contributed by atoms with Crippen molar-refractivity contribution in [2.24, 2.45) is 0 Å². The van der Waals surface area contributed by atoms with Gasteiger partial charge in [0, 0.05) is 10.5 Å². The first-order chi connectivity index (χ1) is 9.09. The van der Waals surface area contributed by atoms with Crippen LogP contribution in [0.5, 0.6) is 0 Å². The molecule has 0 atom stereocenters. The zero-order valence-corrected chi connectivity index (χ0v) is 11.8. The van der Waals surface area contributed by atoms with Crippen molar-refractivity contribution in [3.05, 3.63) is 68.8 Å². The zero-order valence-electron chi connectivity index (χ0n) is 10.2. The van der Waals surface area contributed by atoms with E-state index in [0.29, 0.717) is 16.8 Å². The summed E-state index contributed by atoms with van der Waals surface area (Å²) in [7, 11) is 0. The van der Waals surface area contributed by atoms with E-state index in [1.54, 1.807) is 18.2 Å². The van der Waals surface area contributed by atoms with Crippen LogP contribution in [0.25, 0.3) is 0 Å². The average Bonchev–Trinajstić information content (AvgIpc) is 2.63. The van der Waals surface area contributed by atoms with Gasteiger partial charge in [0.1, 0.15) is 5.56 Å². The molecule has 0 radical (unpaired) electrons. The van der Waals surface area contributed by atoms with Crippen LogP contribution >= 0.6 is 15.9 Å². The number of fused-ring (bicyclic) bond motifs is 1. The Morgan fingerprint density at radius 3 is 2.58 bits per heavy atom. The van der Waals surface area contributed by atoms with Gasteiger partial charge in [-0.25, -0.2) is 0 Å². The highest BCUT2D eigenvalue weighted by Gasteiger charge is 2.37. The van der Waals surface area contributed by atoms with E-state index in [9.17, 15) is 10.0 Å². The van der Waals surface area contributed by atoms with E-state index in [-0.39, 0.29) is 11.5 Å². The van der Waals surface area contributed by atoms with Crippen molar-refractivity contribution < 1.29 is 9.53 Å². The average molecular weight is 316 g/mol. The molecule has 0 amide bonds. The molecule has 1 heterocycles. The number of benzene rings is 2. The van der Waals surface area contributed by atoms with E-state index in [0.717, 1.165) is 14.8 Å². The number of ketones is 1. The minimum atomic E-state index is -0.222. The number of carbonyl (C=O) groups is 1. The number of hydrogen-bond acceptors (Lipinski definition) is 2. The molecule has 0 aliphatic carbocycles. The fourth-order valence-corrected chi connectivity index (χ4v) is 2.71. The molecule has 3 rings (SSSR count). The van der Waals surface area contributed by atoms with E-state index in [2.05, 4.69) is 15.9 Å². The Labute approximate surface area is 118 Å². The predicted molar refractivity (Wildman–Crippen MR) is 77.0 cm³/mol. The van der Waals surface area contributed by atoms with Crippen molar-refractivity contribution in [2.45, 2.75) is 6.92 Å². The summed E-state index contributed by atoms with van der Waals surface area (Å²) < 4.78 is 1.46. The lowest BCUT2D eigenvalue weighted by Gasteiger charge is -2.03. The van der Waals surface area contributed by atoms with Crippen LogP contribution in [0.3, 0.4) is 0 Å². The maximum atomic E-state index is 12.4. The van der Waals surface area contributed by atoms with Crippen molar-refractivity contribution in [2.75, 3.05) is 0 Å². The molecule has 0 bridgehead atoms. The van der Waals surface area contributed by atoms with Crippen molar-refractivity contribution in [3.8, 4) is 0 Å². The molecule has 0 saturated heterocycles. The van der Waals surface area contributed by atoms with Gasteiger partial charge in [-0.3, -0.25) is 4.79 Å². The molecule has 0 unspecified atom stereocenters. The topological polar surface area (TPSA) is 43.1 Å². The zero-order chi connectivity index (χ0) is 13.6. The van der Waals surface area contributed by atoms with Gasteiger partial charge in [0.25, 0.3) is 11.5 Å². The molecule has 3 nitrogen and oxygen atoms in total. The summed E-state index contributed by atoms with van der Waals surface area (Å²) in [6, 6.07) is 12.5. The Balaban J connectivity index is 2.24. The normalized spacial score (nSPS) is 13.9. The van der Waals surface area contributed by atoms with Crippen LogP contribution < -0.4 is 0 Å². The summed E-state index contributed by atoms with van der Waals surface area (Å²) in [5.41, 5.74) is 2.65. The Bertz CT molecular complexity index is 735. The van der Waals surface area contributed by atoms with Crippen molar-refractivity contribution >= 4 is 33.1 Å². The number of carbonyl (C=O) groups excluding carboxylic acids is 1. The monoisotopic (exact) mass is 315 g/mol. The second-order valence-electron chi connectivity index (χ2n) is 4.47.